The van der Waals surface area contributed by atoms with E-state index in [4.69, 9.17) is 0 Å². The second-order valence-corrected chi connectivity index (χ2v) is 6.93. The summed E-state index contributed by atoms with van der Waals surface area (Å²) in [6.45, 7) is 1.98. The van der Waals surface area contributed by atoms with Crippen molar-refractivity contribution in [2.45, 2.75) is 13.1 Å². The number of halogens is 1. The van der Waals surface area contributed by atoms with Gasteiger partial charge in [0.25, 0.3) is 5.91 Å². The summed E-state index contributed by atoms with van der Waals surface area (Å²) >= 11 is 3.45. The third kappa shape index (κ3) is 2.91. The zero-order valence-corrected chi connectivity index (χ0v) is 15.2. The lowest BCUT2D eigenvalue weighted by molar-refractivity contribution is 0.0992. The van der Waals surface area contributed by atoms with Crippen molar-refractivity contribution in [1.82, 2.24) is 4.98 Å². The summed E-state index contributed by atoms with van der Waals surface area (Å²) in [5.74, 6) is 0.600. The Hall–Kier alpha value is -2.66. The first-order valence-corrected chi connectivity index (χ1v) is 8.80. The van der Waals surface area contributed by atoms with Crippen molar-refractivity contribution in [3.05, 3.63) is 88.0 Å². The van der Waals surface area contributed by atoms with E-state index < -0.39 is 0 Å². The molecule has 0 saturated heterocycles. The minimum Gasteiger partial charge on any atom is -0.361 e. The summed E-state index contributed by atoms with van der Waals surface area (Å²) in [5, 5.41) is 3.46. The van der Waals surface area contributed by atoms with Crippen LogP contribution >= 0.6 is 15.9 Å². The van der Waals surface area contributed by atoms with Crippen molar-refractivity contribution >= 4 is 33.3 Å². The van der Waals surface area contributed by atoms with Crippen LogP contribution in [0.1, 0.15) is 27.7 Å². The van der Waals surface area contributed by atoms with Crippen LogP contribution in [0.4, 0.5) is 11.5 Å². The summed E-state index contributed by atoms with van der Waals surface area (Å²) < 4.78 is 1.01. The van der Waals surface area contributed by atoms with Gasteiger partial charge in [0, 0.05) is 27.5 Å². The number of anilines is 2. The molecule has 1 N–H and O–H groups in total. The normalized spacial score (nSPS) is 16.0. The van der Waals surface area contributed by atoms with Crippen LogP contribution in [0, 0.1) is 6.92 Å². The molecule has 4 rings (SSSR count). The molecule has 0 fully saturated rings. The maximum atomic E-state index is 13.0. The van der Waals surface area contributed by atoms with Crippen LogP contribution < -0.4 is 10.2 Å². The molecule has 0 radical (unpaired) electrons. The molecule has 0 spiro atoms. The SMILES string of the molecule is Cc1ccc(N2C(=O)c3ccccc3C2Nc2ccc(Br)cc2)nc1. The second-order valence-electron chi connectivity index (χ2n) is 6.01. The van der Waals surface area contributed by atoms with Gasteiger partial charge in [-0.1, -0.05) is 40.2 Å². The monoisotopic (exact) mass is 393 g/mol. The number of fused-ring (bicyclic) bond motifs is 1. The molecule has 0 bridgehead atoms. The van der Waals surface area contributed by atoms with E-state index in [9.17, 15) is 4.79 Å². The minimum atomic E-state index is -0.292. The molecule has 1 aromatic heterocycles. The van der Waals surface area contributed by atoms with Crippen molar-refractivity contribution in [1.29, 1.82) is 0 Å². The lowest BCUT2D eigenvalue weighted by atomic mass is 10.1. The Balaban J connectivity index is 1.77. The van der Waals surface area contributed by atoms with Crippen molar-refractivity contribution in [3.63, 3.8) is 0 Å². The molecule has 25 heavy (non-hydrogen) atoms. The van der Waals surface area contributed by atoms with Crippen LogP contribution in [0.5, 0.6) is 0 Å². The van der Waals surface area contributed by atoms with Crippen molar-refractivity contribution in [2.75, 3.05) is 10.2 Å². The summed E-state index contributed by atoms with van der Waals surface area (Å²) in [5.41, 5.74) is 3.66. The molecule has 5 heteroatoms. The van der Waals surface area contributed by atoms with Gasteiger partial charge in [-0.25, -0.2) is 4.98 Å². The summed E-state index contributed by atoms with van der Waals surface area (Å²) in [4.78, 5) is 19.1. The average molecular weight is 394 g/mol. The predicted octanol–water partition coefficient (Wildman–Crippen LogP) is 4.92. The summed E-state index contributed by atoms with van der Waals surface area (Å²) in [6.07, 6.45) is 1.49. The van der Waals surface area contributed by atoms with Crippen molar-refractivity contribution in [3.8, 4) is 0 Å². The summed E-state index contributed by atoms with van der Waals surface area (Å²) in [7, 11) is 0. The van der Waals surface area contributed by atoms with Gasteiger partial charge in [0.1, 0.15) is 12.0 Å². The molecule has 4 nitrogen and oxygen atoms in total. The lowest BCUT2D eigenvalue weighted by Crippen LogP contribution is -2.32. The quantitative estimate of drug-likeness (QED) is 0.686. The molecular formula is C20H16BrN3O. The van der Waals surface area contributed by atoms with Gasteiger partial charge >= 0.3 is 0 Å². The fourth-order valence-electron chi connectivity index (χ4n) is 3.00. The molecule has 1 aliphatic rings. The zero-order valence-electron chi connectivity index (χ0n) is 13.6. The molecule has 0 saturated carbocycles. The van der Waals surface area contributed by atoms with Gasteiger partial charge in [0.15, 0.2) is 0 Å². The van der Waals surface area contributed by atoms with Gasteiger partial charge in [0.2, 0.25) is 0 Å². The van der Waals surface area contributed by atoms with E-state index in [1.807, 2.05) is 67.6 Å². The van der Waals surface area contributed by atoms with Crippen LogP contribution in [0.3, 0.4) is 0 Å². The van der Waals surface area contributed by atoms with Gasteiger partial charge in [-0.2, -0.15) is 0 Å². The van der Waals surface area contributed by atoms with Gasteiger partial charge in [-0.05, 0) is 48.9 Å². The number of nitrogens with one attached hydrogen (secondary N) is 1. The Morgan fingerprint density at radius 1 is 1.04 bits per heavy atom. The fraction of sp³-hybridized carbons (Fsp3) is 0.100. The Morgan fingerprint density at radius 2 is 1.80 bits per heavy atom. The molecule has 2 heterocycles. The van der Waals surface area contributed by atoms with Crippen molar-refractivity contribution < 1.29 is 4.79 Å². The van der Waals surface area contributed by atoms with E-state index in [-0.39, 0.29) is 12.1 Å². The third-order valence-corrected chi connectivity index (χ3v) is 4.78. The van der Waals surface area contributed by atoms with E-state index in [0.717, 1.165) is 21.3 Å². The number of pyridine rings is 1. The van der Waals surface area contributed by atoms with Gasteiger partial charge in [-0.15, -0.1) is 0 Å². The third-order valence-electron chi connectivity index (χ3n) is 4.25. The number of carbonyl (C=O) groups is 1. The number of hydrogen-bond donors (Lipinski definition) is 1. The molecule has 1 unspecified atom stereocenters. The Kier molecular flexibility index (Phi) is 4.01. The maximum Gasteiger partial charge on any atom is 0.261 e. The first-order valence-electron chi connectivity index (χ1n) is 8.01. The molecule has 1 amide bonds. The predicted molar refractivity (Wildman–Crippen MR) is 103 cm³/mol. The molecule has 124 valence electrons. The second kappa shape index (κ2) is 6.33. The van der Waals surface area contributed by atoms with E-state index >= 15 is 0 Å². The highest BCUT2D eigenvalue weighted by Crippen LogP contribution is 2.37. The Bertz CT molecular complexity index is 922. The van der Waals surface area contributed by atoms with Gasteiger partial charge < -0.3 is 5.32 Å². The van der Waals surface area contributed by atoms with E-state index in [0.29, 0.717) is 11.4 Å². The van der Waals surface area contributed by atoms with Crippen LogP contribution in [0.15, 0.2) is 71.3 Å². The number of rotatable bonds is 3. The first kappa shape index (κ1) is 15.8. The van der Waals surface area contributed by atoms with Gasteiger partial charge in [0.05, 0.1) is 0 Å². The van der Waals surface area contributed by atoms with Crippen LogP contribution in [0.2, 0.25) is 0 Å². The molecular weight excluding hydrogens is 378 g/mol. The smallest absolute Gasteiger partial charge is 0.261 e. The Labute approximate surface area is 154 Å². The highest BCUT2D eigenvalue weighted by molar-refractivity contribution is 9.10. The molecule has 3 aromatic rings. The van der Waals surface area contributed by atoms with Crippen molar-refractivity contribution in [2.24, 2.45) is 0 Å². The van der Waals surface area contributed by atoms with E-state index in [1.54, 1.807) is 11.1 Å². The van der Waals surface area contributed by atoms with E-state index in [2.05, 4.69) is 26.2 Å². The number of aryl methyl sites for hydroxylation is 1. The molecule has 2 aromatic carbocycles. The number of hydrogen-bond acceptors (Lipinski definition) is 3. The van der Waals surface area contributed by atoms with Gasteiger partial charge in [-0.3, -0.25) is 9.69 Å². The first-order chi connectivity index (χ1) is 12.1. The molecule has 1 aliphatic heterocycles. The fourth-order valence-corrected chi connectivity index (χ4v) is 3.27. The highest BCUT2D eigenvalue weighted by Gasteiger charge is 2.38. The Morgan fingerprint density at radius 3 is 2.52 bits per heavy atom. The van der Waals surface area contributed by atoms with Crippen LogP contribution in [-0.4, -0.2) is 10.9 Å². The highest BCUT2D eigenvalue weighted by atomic mass is 79.9. The minimum absolute atomic E-state index is 0.0402. The summed E-state index contributed by atoms with van der Waals surface area (Å²) in [6, 6.07) is 19.4. The number of nitrogens with zero attached hydrogens (tertiary/aromatic N) is 2. The number of benzene rings is 2. The lowest BCUT2D eigenvalue weighted by Gasteiger charge is -2.26. The van der Waals surface area contributed by atoms with Crippen LogP contribution in [0.25, 0.3) is 0 Å². The standard InChI is InChI=1S/C20H16BrN3O/c1-13-6-11-18(22-12-13)24-19(23-15-9-7-14(21)8-10-15)16-4-2-3-5-17(16)20(24)25/h2-12,19,23H,1H3. The number of aromatic nitrogens is 1. The number of amides is 1. The van der Waals surface area contributed by atoms with Crippen LogP contribution in [-0.2, 0) is 0 Å². The average Bonchev–Trinajstić information content (AvgIpc) is 2.90. The van der Waals surface area contributed by atoms with E-state index in [1.165, 1.54) is 0 Å². The maximum absolute atomic E-state index is 13.0. The zero-order chi connectivity index (χ0) is 17.4. The number of carbonyl (C=O) groups excluding carboxylic acids is 1. The largest absolute Gasteiger partial charge is 0.361 e. The molecule has 1 atom stereocenters. The molecule has 0 aliphatic carbocycles. The topological polar surface area (TPSA) is 45.2 Å².